The maximum atomic E-state index is 10.5. The molecule has 0 saturated carbocycles. The Kier molecular flexibility index (Phi) is 1.42. The number of hydrogen-bond acceptors (Lipinski definition) is 3. The van der Waals surface area contributed by atoms with E-state index in [1.165, 1.54) is 0 Å². The zero-order valence-electron chi connectivity index (χ0n) is 4.66. The molecule has 0 aromatic heterocycles. The van der Waals surface area contributed by atoms with Gasteiger partial charge in [-0.05, 0) is 0 Å². The molecule has 5 nitrogen and oxygen atoms in total. The van der Waals surface area contributed by atoms with Gasteiger partial charge in [0.2, 0.25) is 0 Å². The Balaban J connectivity index is 2.95. The zero-order valence-corrected chi connectivity index (χ0v) is 5.48. The monoisotopic (exact) mass is 149 g/mol. The van der Waals surface area contributed by atoms with Gasteiger partial charge in [-0.1, -0.05) is 0 Å². The first kappa shape index (κ1) is 6.50. The van der Waals surface area contributed by atoms with Crippen LogP contribution in [0.4, 0.5) is 0 Å². The largest absolute Gasteiger partial charge is 0.386 e. The van der Waals surface area contributed by atoms with Crippen molar-refractivity contribution in [2.45, 2.75) is 6.42 Å². The lowest BCUT2D eigenvalue weighted by Crippen LogP contribution is -2.33. The normalized spacial score (nSPS) is 25.1. The van der Waals surface area contributed by atoms with E-state index in [0.717, 1.165) is 0 Å². The highest BCUT2D eigenvalue weighted by atomic mass is 32.2. The molecule has 0 amide bonds. The second-order valence-corrected chi connectivity index (χ2v) is 3.12. The van der Waals surface area contributed by atoms with Crippen LogP contribution >= 0.6 is 0 Å². The van der Waals surface area contributed by atoms with Crippen LogP contribution in [0.2, 0.25) is 0 Å². The van der Waals surface area contributed by atoms with E-state index in [4.69, 9.17) is 5.73 Å². The van der Waals surface area contributed by atoms with Crippen molar-refractivity contribution in [3.8, 4) is 0 Å². The third-order valence-electron chi connectivity index (χ3n) is 0.903. The van der Waals surface area contributed by atoms with E-state index >= 15 is 0 Å². The molecular weight excluding hydrogens is 142 g/mol. The van der Waals surface area contributed by atoms with Gasteiger partial charge in [-0.15, -0.1) is 4.40 Å². The molecule has 0 unspecified atom stereocenters. The Labute approximate surface area is 53.1 Å². The first-order valence-corrected chi connectivity index (χ1v) is 3.88. The van der Waals surface area contributed by atoms with Crippen molar-refractivity contribution in [2.75, 3.05) is 6.54 Å². The summed E-state index contributed by atoms with van der Waals surface area (Å²) in [5, 5.41) is 0. The average molecular weight is 149 g/mol. The highest BCUT2D eigenvalue weighted by Gasteiger charge is 2.12. The van der Waals surface area contributed by atoms with Gasteiger partial charge in [-0.25, -0.2) is 0 Å². The molecule has 1 aliphatic heterocycles. The molecule has 0 atom stereocenters. The van der Waals surface area contributed by atoms with Gasteiger partial charge in [0.25, 0.3) is 0 Å². The lowest BCUT2D eigenvalue weighted by molar-refractivity contribution is 0.581. The maximum absolute atomic E-state index is 10.5. The van der Waals surface area contributed by atoms with Crippen LogP contribution in [0.3, 0.4) is 0 Å². The highest BCUT2D eigenvalue weighted by molar-refractivity contribution is 7.88. The Morgan fingerprint density at radius 3 is 2.67 bits per heavy atom. The van der Waals surface area contributed by atoms with Gasteiger partial charge < -0.3 is 5.73 Å². The molecule has 0 aromatic rings. The molecule has 0 aliphatic carbocycles. The van der Waals surface area contributed by atoms with Gasteiger partial charge in [0.1, 0.15) is 5.84 Å². The maximum Gasteiger partial charge on any atom is 0.321 e. The third kappa shape index (κ3) is 1.65. The number of nitrogens with two attached hydrogens (primary N) is 1. The summed E-state index contributed by atoms with van der Waals surface area (Å²) in [6, 6.07) is 0. The lowest BCUT2D eigenvalue weighted by Gasteiger charge is -2.07. The Bertz CT molecular complexity index is 229. The first-order chi connectivity index (χ1) is 4.10. The van der Waals surface area contributed by atoms with Crippen molar-refractivity contribution in [1.82, 2.24) is 4.72 Å². The molecule has 1 heterocycles. The SMILES string of the molecule is NC1=NS(=O)(=O)NCC1. The van der Waals surface area contributed by atoms with Crippen molar-refractivity contribution in [2.24, 2.45) is 10.1 Å². The van der Waals surface area contributed by atoms with Crippen LogP contribution in [-0.2, 0) is 10.2 Å². The molecule has 0 bridgehead atoms. The van der Waals surface area contributed by atoms with Crippen molar-refractivity contribution in [1.29, 1.82) is 0 Å². The number of nitrogens with zero attached hydrogens (tertiary/aromatic N) is 1. The van der Waals surface area contributed by atoms with Crippen LogP contribution in [0.1, 0.15) is 6.42 Å². The highest BCUT2D eigenvalue weighted by Crippen LogP contribution is 1.94. The van der Waals surface area contributed by atoms with E-state index in [1.54, 1.807) is 0 Å². The fourth-order valence-corrected chi connectivity index (χ4v) is 1.36. The molecule has 0 saturated heterocycles. The van der Waals surface area contributed by atoms with Gasteiger partial charge in [-0.2, -0.15) is 13.1 Å². The summed E-state index contributed by atoms with van der Waals surface area (Å²) in [4.78, 5) is 0. The minimum atomic E-state index is -3.42. The quantitative estimate of drug-likeness (QED) is 0.443. The number of hydrogen-bond donors (Lipinski definition) is 2. The molecule has 1 rings (SSSR count). The van der Waals surface area contributed by atoms with Crippen LogP contribution in [-0.4, -0.2) is 20.8 Å². The number of amidine groups is 1. The van der Waals surface area contributed by atoms with Gasteiger partial charge in [0, 0.05) is 13.0 Å². The van der Waals surface area contributed by atoms with Crippen LogP contribution in [0.25, 0.3) is 0 Å². The second kappa shape index (κ2) is 1.96. The predicted molar refractivity (Wildman–Crippen MR) is 33.2 cm³/mol. The van der Waals surface area contributed by atoms with Crippen LogP contribution in [0.5, 0.6) is 0 Å². The molecule has 0 radical (unpaired) electrons. The Morgan fingerprint density at radius 1 is 1.67 bits per heavy atom. The van der Waals surface area contributed by atoms with Crippen molar-refractivity contribution in [3.05, 3.63) is 0 Å². The van der Waals surface area contributed by atoms with Gasteiger partial charge in [0.15, 0.2) is 0 Å². The van der Waals surface area contributed by atoms with E-state index < -0.39 is 10.2 Å². The Hall–Kier alpha value is -0.620. The smallest absolute Gasteiger partial charge is 0.321 e. The summed E-state index contributed by atoms with van der Waals surface area (Å²) < 4.78 is 26.3. The summed E-state index contributed by atoms with van der Waals surface area (Å²) in [6.07, 6.45) is 0.499. The molecule has 6 heteroatoms. The van der Waals surface area contributed by atoms with Gasteiger partial charge in [0.05, 0.1) is 0 Å². The van der Waals surface area contributed by atoms with Crippen LogP contribution in [0, 0.1) is 0 Å². The zero-order chi connectivity index (χ0) is 6.91. The van der Waals surface area contributed by atoms with E-state index in [-0.39, 0.29) is 5.84 Å². The fraction of sp³-hybridized carbons (Fsp3) is 0.667. The van der Waals surface area contributed by atoms with Crippen molar-refractivity contribution < 1.29 is 8.42 Å². The summed E-state index contributed by atoms with van der Waals surface area (Å²) in [7, 11) is -3.42. The van der Waals surface area contributed by atoms with Gasteiger partial charge in [-0.3, -0.25) is 0 Å². The molecule has 0 spiro atoms. The van der Waals surface area contributed by atoms with E-state index in [1.807, 2.05) is 0 Å². The first-order valence-electron chi connectivity index (χ1n) is 2.44. The van der Waals surface area contributed by atoms with Crippen molar-refractivity contribution >= 4 is 16.0 Å². The van der Waals surface area contributed by atoms with Gasteiger partial charge >= 0.3 is 10.2 Å². The molecule has 0 fully saturated rings. The van der Waals surface area contributed by atoms with E-state index in [9.17, 15) is 8.42 Å². The summed E-state index contributed by atoms with van der Waals surface area (Å²) in [5.74, 6) is 0.175. The van der Waals surface area contributed by atoms with Crippen molar-refractivity contribution in [3.63, 3.8) is 0 Å². The van der Waals surface area contributed by atoms with E-state index in [0.29, 0.717) is 13.0 Å². The number of nitrogens with one attached hydrogen (secondary N) is 1. The molecule has 1 aliphatic rings. The minimum absolute atomic E-state index is 0.175. The summed E-state index contributed by atoms with van der Waals surface area (Å²) >= 11 is 0. The molecular formula is C3H7N3O2S. The summed E-state index contributed by atoms with van der Waals surface area (Å²) in [5.41, 5.74) is 5.14. The predicted octanol–water partition coefficient (Wildman–Crippen LogP) is -1.42. The lowest BCUT2D eigenvalue weighted by atomic mass is 10.4. The standard InChI is InChI=1S/C3H7N3O2S/c4-3-1-2-5-9(7,8)6-3/h5H,1-2H2,(H2,4,6). The van der Waals surface area contributed by atoms with Crippen LogP contribution in [0.15, 0.2) is 4.40 Å². The molecule has 0 aromatic carbocycles. The number of rotatable bonds is 0. The second-order valence-electron chi connectivity index (χ2n) is 1.70. The van der Waals surface area contributed by atoms with Crippen LogP contribution < -0.4 is 10.5 Å². The Morgan fingerprint density at radius 2 is 2.33 bits per heavy atom. The summed E-state index contributed by atoms with van der Waals surface area (Å²) in [6.45, 7) is 0.359. The average Bonchev–Trinajstić information content (AvgIpc) is 1.60. The fourth-order valence-electron chi connectivity index (χ4n) is 0.540. The van der Waals surface area contributed by atoms with E-state index in [2.05, 4.69) is 9.12 Å². The molecule has 3 N–H and O–H groups in total. The molecule has 52 valence electrons. The topological polar surface area (TPSA) is 84.5 Å². The third-order valence-corrected chi connectivity index (χ3v) is 1.95. The molecule has 9 heavy (non-hydrogen) atoms. The minimum Gasteiger partial charge on any atom is -0.386 e.